The van der Waals surface area contributed by atoms with Crippen molar-refractivity contribution in [2.24, 2.45) is 5.41 Å². The molecular formula is C12H21N3O2. The third-order valence-electron chi connectivity index (χ3n) is 3.43. The van der Waals surface area contributed by atoms with Gasteiger partial charge in [0, 0.05) is 14.1 Å². The molecule has 0 aromatic rings. The fourth-order valence-electron chi connectivity index (χ4n) is 2.58. The van der Waals surface area contributed by atoms with E-state index in [2.05, 4.69) is 0 Å². The van der Waals surface area contributed by atoms with Gasteiger partial charge in [0.15, 0.2) is 0 Å². The Morgan fingerprint density at radius 3 is 1.94 bits per heavy atom. The highest BCUT2D eigenvalue weighted by Crippen LogP contribution is 2.37. The molecule has 1 aliphatic heterocycles. The normalized spacial score (nSPS) is 20.1. The summed E-state index contributed by atoms with van der Waals surface area (Å²) in [5.74, 6) is -0.0800. The minimum Gasteiger partial charge on any atom is -0.287 e. The summed E-state index contributed by atoms with van der Waals surface area (Å²) in [5, 5.41) is 8.12. The summed E-state index contributed by atoms with van der Waals surface area (Å²) in [6.45, 7) is 3.99. The molecule has 0 atom stereocenters. The molecule has 1 heterocycles. The van der Waals surface area contributed by atoms with Crippen molar-refractivity contribution in [1.82, 2.24) is 9.80 Å². The number of nitrogens with one attached hydrogen (secondary N) is 1. The molecule has 0 bridgehead atoms. The lowest BCUT2D eigenvalue weighted by Crippen LogP contribution is -2.62. The second-order valence-electron chi connectivity index (χ2n) is 4.64. The summed E-state index contributed by atoms with van der Waals surface area (Å²) in [4.78, 5) is 26.5. The molecule has 1 rings (SSSR count). The Labute approximate surface area is 102 Å². The van der Waals surface area contributed by atoms with Crippen molar-refractivity contribution in [2.45, 2.75) is 39.5 Å². The molecule has 3 amide bonds. The zero-order chi connectivity index (χ0) is 13.2. The van der Waals surface area contributed by atoms with Crippen LogP contribution in [0, 0.1) is 10.8 Å². The van der Waals surface area contributed by atoms with E-state index in [0.717, 1.165) is 17.7 Å². The molecule has 0 unspecified atom stereocenters. The van der Waals surface area contributed by atoms with Crippen LogP contribution < -0.4 is 0 Å². The van der Waals surface area contributed by atoms with Crippen LogP contribution in [0.5, 0.6) is 0 Å². The van der Waals surface area contributed by atoms with Crippen molar-refractivity contribution >= 4 is 17.8 Å². The highest BCUT2D eigenvalue weighted by molar-refractivity contribution is 6.19. The maximum absolute atomic E-state index is 12.3. The molecule has 96 valence electrons. The summed E-state index contributed by atoms with van der Waals surface area (Å²) in [5.41, 5.74) is -0.805. The summed E-state index contributed by atoms with van der Waals surface area (Å²) in [6, 6.07) is -0.414. The van der Waals surface area contributed by atoms with Gasteiger partial charge in [0.2, 0.25) is 5.91 Å². The summed E-state index contributed by atoms with van der Waals surface area (Å²) in [7, 11) is 3.06. The highest BCUT2D eigenvalue weighted by atomic mass is 16.2. The third kappa shape index (κ3) is 1.94. The molecule has 0 aromatic carbocycles. The minimum atomic E-state index is -0.805. The van der Waals surface area contributed by atoms with Crippen molar-refractivity contribution in [3.05, 3.63) is 0 Å². The summed E-state index contributed by atoms with van der Waals surface area (Å²) in [6.07, 6.45) is 2.90. The quantitative estimate of drug-likeness (QED) is 0.816. The number of carbonyl (C=O) groups is 2. The predicted molar refractivity (Wildman–Crippen MR) is 65.9 cm³/mol. The van der Waals surface area contributed by atoms with Gasteiger partial charge >= 0.3 is 6.03 Å². The molecule has 0 saturated carbocycles. The van der Waals surface area contributed by atoms with Crippen molar-refractivity contribution in [2.75, 3.05) is 14.1 Å². The Hall–Kier alpha value is -1.39. The molecule has 0 aromatic heterocycles. The highest BCUT2D eigenvalue weighted by Gasteiger charge is 2.51. The Morgan fingerprint density at radius 2 is 1.53 bits per heavy atom. The van der Waals surface area contributed by atoms with Crippen LogP contribution in [0.1, 0.15) is 39.5 Å². The van der Waals surface area contributed by atoms with Gasteiger partial charge in [-0.1, -0.05) is 26.7 Å². The topological polar surface area (TPSA) is 64.5 Å². The monoisotopic (exact) mass is 239 g/mol. The van der Waals surface area contributed by atoms with Crippen LogP contribution in [0.15, 0.2) is 0 Å². The Kier molecular flexibility index (Phi) is 3.91. The van der Waals surface area contributed by atoms with E-state index in [9.17, 15) is 9.59 Å². The van der Waals surface area contributed by atoms with Gasteiger partial charge in [-0.25, -0.2) is 4.79 Å². The molecule has 1 fully saturated rings. The summed E-state index contributed by atoms with van der Waals surface area (Å²) >= 11 is 0. The standard InChI is InChI=1S/C12H21N3O2/c1-5-7-12(8-6-2)9(13)14(3)11(17)15(4)10(12)16/h13H,5-8H2,1-4H3. The zero-order valence-electron chi connectivity index (χ0n) is 11.0. The van der Waals surface area contributed by atoms with Gasteiger partial charge in [0.1, 0.15) is 11.3 Å². The molecule has 1 aliphatic rings. The van der Waals surface area contributed by atoms with Crippen LogP contribution >= 0.6 is 0 Å². The lowest BCUT2D eigenvalue weighted by atomic mass is 9.75. The van der Waals surface area contributed by atoms with Crippen LogP contribution in [0.4, 0.5) is 4.79 Å². The molecule has 5 nitrogen and oxygen atoms in total. The molecule has 0 aliphatic carbocycles. The van der Waals surface area contributed by atoms with Crippen molar-refractivity contribution in [3.8, 4) is 0 Å². The van der Waals surface area contributed by atoms with Gasteiger partial charge in [-0.3, -0.25) is 20.0 Å². The number of hydrogen-bond donors (Lipinski definition) is 1. The molecular weight excluding hydrogens is 218 g/mol. The molecule has 5 heteroatoms. The number of carbonyl (C=O) groups excluding carboxylic acids is 2. The van der Waals surface area contributed by atoms with Gasteiger partial charge < -0.3 is 0 Å². The Bertz CT molecular complexity index is 320. The van der Waals surface area contributed by atoms with Crippen LogP contribution in [0.3, 0.4) is 0 Å². The van der Waals surface area contributed by atoms with E-state index in [4.69, 9.17) is 5.41 Å². The number of hydrogen-bond acceptors (Lipinski definition) is 3. The smallest absolute Gasteiger partial charge is 0.287 e. The lowest BCUT2D eigenvalue weighted by Gasteiger charge is -2.43. The Morgan fingerprint density at radius 1 is 1.06 bits per heavy atom. The van der Waals surface area contributed by atoms with E-state index in [1.54, 1.807) is 7.05 Å². The predicted octanol–water partition coefficient (Wildman–Crippen LogP) is 2.07. The average Bonchev–Trinajstić information content (AvgIpc) is 2.32. The molecule has 1 N–H and O–H groups in total. The molecule has 0 radical (unpaired) electrons. The number of imide groups is 1. The maximum Gasteiger partial charge on any atom is 0.331 e. The first-order chi connectivity index (χ1) is 7.92. The second kappa shape index (κ2) is 4.85. The number of amidine groups is 1. The first-order valence-electron chi connectivity index (χ1n) is 6.07. The van der Waals surface area contributed by atoms with Crippen LogP contribution in [0.2, 0.25) is 0 Å². The van der Waals surface area contributed by atoms with Gasteiger partial charge in [0.25, 0.3) is 0 Å². The largest absolute Gasteiger partial charge is 0.331 e. The molecule has 1 saturated heterocycles. The van der Waals surface area contributed by atoms with Crippen LogP contribution in [-0.4, -0.2) is 41.7 Å². The number of amides is 3. The second-order valence-corrected chi connectivity index (χ2v) is 4.64. The maximum atomic E-state index is 12.3. The van der Waals surface area contributed by atoms with Gasteiger partial charge in [-0.15, -0.1) is 0 Å². The Balaban J connectivity index is 3.20. The van der Waals surface area contributed by atoms with Gasteiger partial charge in [-0.05, 0) is 12.8 Å². The van der Waals surface area contributed by atoms with E-state index >= 15 is 0 Å². The van der Waals surface area contributed by atoms with Crippen LogP contribution in [0.25, 0.3) is 0 Å². The van der Waals surface area contributed by atoms with E-state index in [1.807, 2.05) is 13.8 Å². The van der Waals surface area contributed by atoms with Crippen molar-refractivity contribution in [1.29, 1.82) is 5.41 Å². The number of urea groups is 1. The first-order valence-corrected chi connectivity index (χ1v) is 6.07. The fraction of sp³-hybridized carbons (Fsp3) is 0.750. The van der Waals surface area contributed by atoms with Gasteiger partial charge in [0.05, 0.1) is 0 Å². The molecule has 17 heavy (non-hydrogen) atoms. The first kappa shape index (κ1) is 13.7. The van der Waals surface area contributed by atoms with E-state index < -0.39 is 11.4 Å². The van der Waals surface area contributed by atoms with Gasteiger partial charge in [-0.2, -0.15) is 0 Å². The SMILES string of the molecule is CCCC1(CCC)C(=N)N(C)C(=O)N(C)C1=O. The third-order valence-corrected chi connectivity index (χ3v) is 3.43. The van der Waals surface area contributed by atoms with Crippen LogP contribution in [-0.2, 0) is 4.79 Å². The van der Waals surface area contributed by atoms with E-state index in [1.165, 1.54) is 11.9 Å². The number of nitrogens with zero attached hydrogens (tertiary/aromatic N) is 2. The van der Waals surface area contributed by atoms with E-state index in [0.29, 0.717) is 12.8 Å². The number of rotatable bonds is 4. The van der Waals surface area contributed by atoms with Crippen molar-refractivity contribution < 1.29 is 9.59 Å². The lowest BCUT2D eigenvalue weighted by molar-refractivity contribution is -0.137. The molecule has 0 spiro atoms. The van der Waals surface area contributed by atoms with E-state index in [-0.39, 0.29) is 11.7 Å². The summed E-state index contributed by atoms with van der Waals surface area (Å²) < 4.78 is 0. The fourth-order valence-corrected chi connectivity index (χ4v) is 2.58. The minimum absolute atomic E-state index is 0.148. The van der Waals surface area contributed by atoms with Crippen molar-refractivity contribution in [3.63, 3.8) is 0 Å². The zero-order valence-corrected chi connectivity index (χ0v) is 11.0. The average molecular weight is 239 g/mol.